The summed E-state index contributed by atoms with van der Waals surface area (Å²) in [6, 6.07) is 11.1. The molecule has 0 radical (unpaired) electrons. The minimum absolute atomic E-state index is 0.579. The third-order valence-corrected chi connectivity index (χ3v) is 3.99. The van der Waals surface area contributed by atoms with Gasteiger partial charge < -0.3 is 4.74 Å². The molecule has 2 aromatic rings. The maximum atomic E-state index is 8.17. The van der Waals surface area contributed by atoms with Crippen LogP contribution in [0.5, 0.6) is 5.75 Å². The molecule has 0 amide bonds. The van der Waals surface area contributed by atoms with E-state index in [0.29, 0.717) is 10.7 Å². The molecule has 0 fully saturated rings. The average molecular weight is 293 g/mol. The van der Waals surface area contributed by atoms with Crippen LogP contribution in [0.4, 0.5) is 0 Å². The summed E-state index contributed by atoms with van der Waals surface area (Å²) >= 11 is 6.02. The Morgan fingerprint density at radius 2 is 2.05 bits per heavy atom. The molecule has 0 spiro atoms. The molecule has 0 saturated heterocycles. The molecule has 2 rings (SSSR count). The molecule has 5 heteroatoms. The van der Waals surface area contributed by atoms with Crippen molar-refractivity contribution in [3.8, 4) is 5.75 Å². The Morgan fingerprint density at radius 3 is 2.79 bits per heavy atom. The molecule has 0 bridgehead atoms. The summed E-state index contributed by atoms with van der Waals surface area (Å²) in [4.78, 5) is 5.00. The second kappa shape index (κ2) is 6.50. The van der Waals surface area contributed by atoms with Gasteiger partial charge in [-0.3, -0.25) is 9.76 Å². The van der Waals surface area contributed by atoms with Crippen LogP contribution in [0.25, 0.3) is 6.08 Å². The van der Waals surface area contributed by atoms with Gasteiger partial charge in [0.05, 0.1) is 22.7 Å². The van der Waals surface area contributed by atoms with Crippen molar-refractivity contribution >= 4 is 28.4 Å². The fourth-order valence-corrected chi connectivity index (χ4v) is 2.72. The number of nitrogens with one attached hydrogen (secondary N) is 1. The van der Waals surface area contributed by atoms with Gasteiger partial charge in [-0.25, -0.2) is 0 Å². The van der Waals surface area contributed by atoms with Crippen LogP contribution in [0.1, 0.15) is 5.69 Å². The zero-order chi connectivity index (χ0) is 13.7. The lowest BCUT2D eigenvalue weighted by molar-refractivity contribution is 0.404. The molecule has 0 aliphatic carbocycles. The predicted octanol–water partition coefficient (Wildman–Crippen LogP) is 4.15. The number of pyridine rings is 1. The average Bonchev–Trinajstić information content (AvgIpc) is 2.46. The molecule has 0 aliphatic heterocycles. The van der Waals surface area contributed by atoms with Crippen LogP contribution in [0.2, 0.25) is 5.02 Å². The molecule has 0 aliphatic rings. The predicted molar refractivity (Wildman–Crippen MR) is 79.6 cm³/mol. The number of hydrogen-bond acceptors (Lipinski definition) is 3. The summed E-state index contributed by atoms with van der Waals surface area (Å²) < 4.78 is 13.4. The summed E-state index contributed by atoms with van der Waals surface area (Å²) in [5.41, 5.74) is 0.670. The third-order valence-electron chi connectivity index (χ3n) is 2.45. The summed E-state index contributed by atoms with van der Waals surface area (Å²) in [5.74, 6) is 0.720. The monoisotopic (exact) mass is 292 g/mol. The van der Waals surface area contributed by atoms with Crippen LogP contribution in [0, 0.1) is 4.78 Å². The molecule has 98 valence electrons. The van der Waals surface area contributed by atoms with Crippen molar-refractivity contribution in [1.82, 2.24) is 4.98 Å². The van der Waals surface area contributed by atoms with E-state index in [4.69, 9.17) is 21.1 Å². The van der Waals surface area contributed by atoms with Gasteiger partial charge in [-0.15, -0.1) is 0 Å². The second-order valence-corrected chi connectivity index (χ2v) is 5.46. The fourth-order valence-electron chi connectivity index (χ4n) is 1.53. The molecule has 1 N–H and O–H groups in total. The number of benzene rings is 1. The SMILES string of the molecule is COc1ccccc1S(=N)/C=C/c1ncccc1Cl. The maximum Gasteiger partial charge on any atom is 0.133 e. The van der Waals surface area contributed by atoms with Gasteiger partial charge in [0.25, 0.3) is 0 Å². The van der Waals surface area contributed by atoms with Crippen molar-refractivity contribution in [3.05, 3.63) is 58.7 Å². The van der Waals surface area contributed by atoms with Gasteiger partial charge in [-0.2, -0.15) is 0 Å². The first-order valence-electron chi connectivity index (χ1n) is 5.58. The maximum absolute atomic E-state index is 8.17. The second-order valence-electron chi connectivity index (χ2n) is 3.66. The van der Waals surface area contributed by atoms with E-state index in [1.807, 2.05) is 24.3 Å². The first kappa shape index (κ1) is 13.8. The topological polar surface area (TPSA) is 46.0 Å². The van der Waals surface area contributed by atoms with E-state index in [0.717, 1.165) is 10.6 Å². The normalized spacial score (nSPS) is 12.5. The summed E-state index contributed by atoms with van der Waals surface area (Å²) in [6.45, 7) is 0. The van der Waals surface area contributed by atoms with Crippen LogP contribution < -0.4 is 4.74 Å². The number of ether oxygens (including phenoxy) is 1. The number of rotatable bonds is 4. The van der Waals surface area contributed by atoms with Crippen molar-refractivity contribution in [2.75, 3.05) is 7.11 Å². The third kappa shape index (κ3) is 3.43. The van der Waals surface area contributed by atoms with Crippen molar-refractivity contribution in [1.29, 1.82) is 4.78 Å². The number of nitrogens with zero attached hydrogens (tertiary/aromatic N) is 1. The quantitative estimate of drug-likeness (QED) is 0.920. The van der Waals surface area contributed by atoms with E-state index in [-0.39, 0.29) is 0 Å². The molecular formula is C14H13ClN2OS. The fraction of sp³-hybridized carbons (Fsp3) is 0.0714. The highest BCUT2D eigenvalue weighted by molar-refractivity contribution is 7.89. The molecule has 1 aromatic carbocycles. The van der Waals surface area contributed by atoms with Gasteiger partial charge in [0.1, 0.15) is 5.75 Å². The van der Waals surface area contributed by atoms with Gasteiger partial charge in [0, 0.05) is 6.20 Å². The minimum atomic E-state index is -0.808. The molecule has 0 saturated carbocycles. The summed E-state index contributed by atoms with van der Waals surface area (Å²) in [5, 5.41) is 2.35. The number of hydrogen-bond donors (Lipinski definition) is 1. The molecule has 19 heavy (non-hydrogen) atoms. The van der Waals surface area contributed by atoms with Crippen LogP contribution in [0.3, 0.4) is 0 Å². The molecular weight excluding hydrogens is 280 g/mol. The largest absolute Gasteiger partial charge is 0.496 e. The molecule has 1 atom stereocenters. The summed E-state index contributed by atoms with van der Waals surface area (Å²) in [6.07, 6.45) is 3.45. The first-order valence-corrected chi connectivity index (χ1v) is 7.25. The Balaban J connectivity index is 2.24. The standard InChI is InChI=1S/C14H13ClN2OS/c1-18-13-6-2-3-7-14(13)19(16)10-8-12-11(15)5-4-9-17-12/h2-10,16H,1H3/b10-8+. The Labute approximate surface area is 119 Å². The van der Waals surface area contributed by atoms with Crippen LogP contribution in [0.15, 0.2) is 52.9 Å². The Morgan fingerprint density at radius 1 is 1.26 bits per heavy atom. The number of para-hydroxylation sites is 1. The van der Waals surface area contributed by atoms with E-state index in [9.17, 15) is 0 Å². The van der Waals surface area contributed by atoms with Gasteiger partial charge in [0.15, 0.2) is 0 Å². The van der Waals surface area contributed by atoms with Crippen molar-refractivity contribution < 1.29 is 4.74 Å². The van der Waals surface area contributed by atoms with Crippen LogP contribution in [-0.2, 0) is 10.7 Å². The number of aromatic nitrogens is 1. The first-order chi connectivity index (χ1) is 9.22. The highest BCUT2D eigenvalue weighted by Gasteiger charge is 2.04. The smallest absolute Gasteiger partial charge is 0.133 e. The van der Waals surface area contributed by atoms with Crippen molar-refractivity contribution in [2.45, 2.75) is 4.90 Å². The van der Waals surface area contributed by atoms with Gasteiger partial charge in [-0.05, 0) is 46.4 Å². The molecule has 1 unspecified atom stereocenters. The Hall–Kier alpha value is -1.65. The van der Waals surface area contributed by atoms with E-state index >= 15 is 0 Å². The molecule has 1 heterocycles. The van der Waals surface area contributed by atoms with Crippen molar-refractivity contribution in [2.24, 2.45) is 0 Å². The summed E-state index contributed by atoms with van der Waals surface area (Å²) in [7, 11) is 0.799. The lowest BCUT2D eigenvalue weighted by atomic mass is 10.3. The lowest BCUT2D eigenvalue weighted by Crippen LogP contribution is -1.91. The van der Waals surface area contributed by atoms with Crippen LogP contribution >= 0.6 is 11.6 Å². The zero-order valence-electron chi connectivity index (χ0n) is 10.3. The van der Waals surface area contributed by atoms with E-state index in [2.05, 4.69) is 4.98 Å². The Kier molecular flexibility index (Phi) is 4.71. The number of methoxy groups -OCH3 is 1. The minimum Gasteiger partial charge on any atom is -0.496 e. The van der Waals surface area contributed by atoms with Gasteiger partial charge in [-0.1, -0.05) is 23.7 Å². The molecule has 3 nitrogen and oxygen atoms in total. The van der Waals surface area contributed by atoms with Crippen molar-refractivity contribution in [3.63, 3.8) is 0 Å². The van der Waals surface area contributed by atoms with E-state index in [1.165, 1.54) is 0 Å². The molecule has 1 aromatic heterocycles. The van der Waals surface area contributed by atoms with E-state index in [1.54, 1.807) is 36.9 Å². The zero-order valence-corrected chi connectivity index (χ0v) is 11.9. The lowest BCUT2D eigenvalue weighted by Gasteiger charge is -2.07. The highest BCUT2D eigenvalue weighted by Crippen LogP contribution is 2.23. The van der Waals surface area contributed by atoms with E-state index < -0.39 is 10.7 Å². The number of halogens is 1. The van der Waals surface area contributed by atoms with Crippen LogP contribution in [-0.4, -0.2) is 12.1 Å². The Bertz CT molecular complexity index is 628. The van der Waals surface area contributed by atoms with Gasteiger partial charge in [0.2, 0.25) is 0 Å². The highest BCUT2D eigenvalue weighted by atomic mass is 35.5. The van der Waals surface area contributed by atoms with Gasteiger partial charge >= 0.3 is 0 Å².